The van der Waals surface area contributed by atoms with Gasteiger partial charge in [-0.1, -0.05) is 0 Å². The highest BCUT2D eigenvalue weighted by Gasteiger charge is 2.61. The predicted octanol–water partition coefficient (Wildman–Crippen LogP) is 4.98. The first kappa shape index (κ1) is 39.1. The van der Waals surface area contributed by atoms with E-state index in [0.29, 0.717) is 38.3 Å². The van der Waals surface area contributed by atoms with Gasteiger partial charge in [-0.15, -0.1) is 17.1 Å². The van der Waals surface area contributed by atoms with Crippen LogP contribution in [-0.4, -0.2) is 83.5 Å². The smallest absolute Gasteiger partial charge is 0.307 e. The molecule has 6 fully saturated rings. The molecule has 6 rings (SSSR count). The second kappa shape index (κ2) is 14.9. The molecule has 3 N–H and O–H groups in total. The van der Waals surface area contributed by atoms with Crippen molar-refractivity contribution in [3.63, 3.8) is 0 Å². The van der Waals surface area contributed by atoms with Gasteiger partial charge in [-0.05, 0) is 96.8 Å². The molecule has 0 unspecified atom stereocenters. The van der Waals surface area contributed by atoms with Crippen LogP contribution in [0.5, 0.6) is 0 Å². The van der Waals surface area contributed by atoms with E-state index in [1.807, 2.05) is 34.6 Å². The number of rotatable bonds is 8. The van der Waals surface area contributed by atoms with Crippen molar-refractivity contribution in [1.82, 2.24) is 4.72 Å². The van der Waals surface area contributed by atoms with Gasteiger partial charge in [0, 0.05) is 42.6 Å². The molecule has 2 heterocycles. The third-order valence-corrected chi connectivity index (χ3v) is 12.8. The van der Waals surface area contributed by atoms with Crippen LogP contribution in [0.1, 0.15) is 125 Å². The Morgan fingerprint density at radius 1 is 0.723 bits per heavy atom. The zero-order valence-electron chi connectivity index (χ0n) is 29.2. The number of ether oxygens (including phenoxy) is 6. The molecule has 6 aliphatic rings. The Labute approximate surface area is 290 Å². The summed E-state index contributed by atoms with van der Waals surface area (Å²) in [5, 5.41) is 0. The SMILES string of the molecule is CCOC(=O)CC1(N)CC2(CCC3(CC2)OCCO3)C1.CCOC(=O)CC1(N[S@+]([O-])C(C)(C)C)CC2(CCC3(CC2)OCCO3)C1.Cl. The van der Waals surface area contributed by atoms with Crippen LogP contribution in [0.3, 0.4) is 0 Å². The van der Waals surface area contributed by atoms with E-state index in [-0.39, 0.29) is 58.0 Å². The molecule has 0 aromatic heterocycles. The molecule has 11 nitrogen and oxygen atoms in total. The van der Waals surface area contributed by atoms with E-state index >= 15 is 0 Å². The Hall–Kier alpha value is -0.700. The van der Waals surface area contributed by atoms with Gasteiger partial charge in [-0.2, -0.15) is 0 Å². The van der Waals surface area contributed by atoms with Crippen molar-refractivity contribution in [3.05, 3.63) is 0 Å². The van der Waals surface area contributed by atoms with Gasteiger partial charge < -0.3 is 38.7 Å². The summed E-state index contributed by atoms with van der Waals surface area (Å²) in [5.41, 5.74) is 6.05. The predicted molar refractivity (Wildman–Crippen MR) is 180 cm³/mol. The highest BCUT2D eigenvalue weighted by Crippen LogP contribution is 2.61. The quantitative estimate of drug-likeness (QED) is 0.260. The van der Waals surface area contributed by atoms with Gasteiger partial charge in [0.15, 0.2) is 11.6 Å². The molecule has 2 saturated heterocycles. The lowest BCUT2D eigenvalue weighted by Crippen LogP contribution is -2.65. The van der Waals surface area contributed by atoms with Gasteiger partial charge in [-0.3, -0.25) is 9.59 Å². The van der Waals surface area contributed by atoms with Crippen molar-refractivity contribution in [2.75, 3.05) is 39.6 Å². The maximum absolute atomic E-state index is 12.7. The third-order valence-electron chi connectivity index (χ3n) is 11.1. The van der Waals surface area contributed by atoms with Crippen LogP contribution in [-0.2, 0) is 49.4 Å². The van der Waals surface area contributed by atoms with Crippen LogP contribution in [0.2, 0.25) is 0 Å². The largest absolute Gasteiger partial charge is 0.598 e. The Balaban J connectivity index is 0.000000215. The van der Waals surface area contributed by atoms with Gasteiger partial charge in [-0.25, -0.2) is 0 Å². The molecule has 4 spiro atoms. The van der Waals surface area contributed by atoms with E-state index < -0.39 is 16.9 Å². The molecular formula is C34H59ClN2O9S. The van der Waals surface area contributed by atoms with Gasteiger partial charge in [0.05, 0.1) is 58.0 Å². The Morgan fingerprint density at radius 3 is 1.49 bits per heavy atom. The van der Waals surface area contributed by atoms with Gasteiger partial charge in [0.2, 0.25) is 0 Å². The minimum atomic E-state index is -1.21. The lowest BCUT2D eigenvalue weighted by molar-refractivity contribution is -0.206. The molecular weight excluding hydrogens is 648 g/mol. The summed E-state index contributed by atoms with van der Waals surface area (Å²) in [4.78, 5) is 23.7. The Bertz CT molecular complexity index is 1050. The summed E-state index contributed by atoms with van der Waals surface area (Å²) in [6.45, 7) is 13.1. The van der Waals surface area contributed by atoms with Crippen molar-refractivity contribution in [2.24, 2.45) is 16.6 Å². The normalized spacial score (nSPS) is 27.6. The number of halogens is 1. The highest BCUT2D eigenvalue weighted by atomic mass is 35.5. The van der Waals surface area contributed by atoms with Crippen LogP contribution < -0.4 is 10.5 Å². The minimum absolute atomic E-state index is 0. The van der Waals surface area contributed by atoms with E-state index in [0.717, 1.165) is 90.3 Å². The lowest BCUT2D eigenvalue weighted by Gasteiger charge is -2.59. The molecule has 0 aromatic rings. The van der Waals surface area contributed by atoms with Crippen LogP contribution >= 0.6 is 12.4 Å². The van der Waals surface area contributed by atoms with Gasteiger partial charge in [0.25, 0.3) is 0 Å². The maximum atomic E-state index is 12.7. The number of esters is 2. The summed E-state index contributed by atoms with van der Waals surface area (Å²) in [7, 11) is 0. The fourth-order valence-electron chi connectivity index (χ4n) is 9.12. The molecule has 272 valence electrons. The highest BCUT2D eigenvalue weighted by molar-refractivity contribution is 7.90. The molecule has 47 heavy (non-hydrogen) atoms. The van der Waals surface area contributed by atoms with E-state index in [2.05, 4.69) is 4.72 Å². The molecule has 13 heteroatoms. The third kappa shape index (κ3) is 9.16. The standard InChI is InChI=1S/C19H33NO5S.C15H25NO4.ClH/c1-5-23-15(21)12-18(20-26(22)16(2,3)4)13-17(14-18)6-8-19(9-7-17)24-10-11-25-19;1-2-18-12(17)9-14(16)10-13(11-14)3-5-15(6-4-13)19-7-8-20-15;/h20H,5-14H2,1-4H3;2-11,16H2,1H3;1H/t26-;;/m1../s1. The molecule has 1 atom stereocenters. The van der Waals surface area contributed by atoms with E-state index in [9.17, 15) is 14.1 Å². The van der Waals surface area contributed by atoms with Gasteiger partial charge in [0.1, 0.15) is 4.75 Å². The number of nitrogens with two attached hydrogens (primary N) is 1. The van der Waals surface area contributed by atoms with Crippen molar-refractivity contribution in [1.29, 1.82) is 0 Å². The molecule has 0 aromatic carbocycles. The summed E-state index contributed by atoms with van der Waals surface area (Å²) in [5.74, 6) is -1.05. The number of hydrogen-bond acceptors (Lipinski definition) is 11. The summed E-state index contributed by atoms with van der Waals surface area (Å²) in [6, 6.07) is 0. The fraction of sp³-hybridized carbons (Fsp3) is 0.941. The lowest BCUT2D eigenvalue weighted by atomic mass is 9.51. The zero-order chi connectivity index (χ0) is 33.3. The first-order valence-electron chi connectivity index (χ1n) is 17.5. The molecule has 2 aliphatic heterocycles. The first-order chi connectivity index (χ1) is 21.6. The number of hydrogen-bond donors (Lipinski definition) is 2. The molecule has 0 radical (unpaired) electrons. The number of nitrogens with one attached hydrogen (secondary N) is 1. The summed E-state index contributed by atoms with van der Waals surface area (Å²) >= 11 is -1.21. The van der Waals surface area contributed by atoms with E-state index in [4.69, 9.17) is 34.2 Å². The topological polar surface area (TPSA) is 151 Å². The van der Waals surface area contributed by atoms with Crippen LogP contribution in [0.15, 0.2) is 0 Å². The monoisotopic (exact) mass is 706 g/mol. The zero-order valence-corrected chi connectivity index (χ0v) is 30.8. The number of carbonyl (C=O) groups excluding carboxylic acids is 2. The van der Waals surface area contributed by atoms with Crippen LogP contribution in [0.25, 0.3) is 0 Å². The first-order valence-corrected chi connectivity index (χ1v) is 18.6. The van der Waals surface area contributed by atoms with Crippen LogP contribution in [0, 0.1) is 10.8 Å². The molecule has 0 amide bonds. The van der Waals surface area contributed by atoms with E-state index in [1.165, 1.54) is 0 Å². The fourth-order valence-corrected chi connectivity index (χ4v) is 10.0. The van der Waals surface area contributed by atoms with Crippen molar-refractivity contribution < 1.29 is 42.6 Å². The molecule has 4 saturated carbocycles. The van der Waals surface area contributed by atoms with Crippen molar-refractivity contribution >= 4 is 35.7 Å². The summed E-state index contributed by atoms with van der Waals surface area (Å²) < 4.78 is 49.0. The number of carbonyl (C=O) groups is 2. The Morgan fingerprint density at radius 2 is 1.11 bits per heavy atom. The van der Waals surface area contributed by atoms with Crippen molar-refractivity contribution in [3.8, 4) is 0 Å². The van der Waals surface area contributed by atoms with Crippen LogP contribution in [0.4, 0.5) is 0 Å². The second-order valence-corrected chi connectivity index (χ2v) is 18.0. The van der Waals surface area contributed by atoms with Crippen molar-refractivity contribution in [2.45, 2.75) is 152 Å². The molecule has 4 aliphatic carbocycles. The van der Waals surface area contributed by atoms with Gasteiger partial charge >= 0.3 is 11.9 Å². The average Bonchev–Trinajstić information content (AvgIpc) is 3.61. The maximum Gasteiger partial charge on any atom is 0.307 e. The Kier molecular flexibility index (Phi) is 12.4. The average molecular weight is 707 g/mol. The minimum Gasteiger partial charge on any atom is -0.598 e. The van der Waals surface area contributed by atoms with E-state index in [1.54, 1.807) is 0 Å². The summed E-state index contributed by atoms with van der Waals surface area (Å²) in [6.07, 6.45) is 12.2. The molecule has 0 bridgehead atoms. The second-order valence-electron chi connectivity index (χ2n) is 16.0.